The van der Waals surface area contributed by atoms with E-state index in [1.807, 2.05) is 52.8 Å². The quantitative estimate of drug-likeness (QED) is 0.600. The largest absolute Gasteiger partial charge is 0.360 e. The van der Waals surface area contributed by atoms with Crippen molar-refractivity contribution in [2.45, 2.75) is 53.4 Å². The molecule has 1 aromatic carbocycles. The van der Waals surface area contributed by atoms with Crippen LogP contribution >= 0.6 is 23.2 Å². The summed E-state index contributed by atoms with van der Waals surface area (Å²) in [6, 6.07) is 5.45. The van der Waals surface area contributed by atoms with E-state index in [1.54, 1.807) is 0 Å². The third-order valence-electron chi connectivity index (χ3n) is 3.11. The van der Waals surface area contributed by atoms with Crippen molar-refractivity contribution >= 4 is 23.2 Å². The first-order valence-corrected chi connectivity index (χ1v) is 8.34. The molecular formula is C17H23Cl2NO. The van der Waals surface area contributed by atoms with Crippen LogP contribution in [0.25, 0.3) is 11.3 Å². The molecule has 2 nitrogen and oxygen atoms in total. The van der Waals surface area contributed by atoms with Crippen molar-refractivity contribution in [2.24, 2.45) is 0 Å². The van der Waals surface area contributed by atoms with Gasteiger partial charge in [0.2, 0.25) is 0 Å². The maximum atomic E-state index is 6.17. The first kappa shape index (κ1) is 18.1. The summed E-state index contributed by atoms with van der Waals surface area (Å²) in [5.74, 6) is 1.52. The lowest BCUT2D eigenvalue weighted by Gasteiger charge is -2.03. The van der Waals surface area contributed by atoms with Crippen LogP contribution in [0, 0.1) is 6.92 Å². The lowest BCUT2D eigenvalue weighted by atomic mass is 10.1. The first-order valence-electron chi connectivity index (χ1n) is 7.59. The van der Waals surface area contributed by atoms with Gasteiger partial charge < -0.3 is 4.52 Å². The molecule has 4 heteroatoms. The van der Waals surface area contributed by atoms with Crippen molar-refractivity contribution in [3.63, 3.8) is 0 Å². The molecule has 1 fully saturated rings. The highest BCUT2D eigenvalue weighted by atomic mass is 35.5. The fourth-order valence-electron chi connectivity index (χ4n) is 2.03. The van der Waals surface area contributed by atoms with Crippen molar-refractivity contribution in [1.82, 2.24) is 5.16 Å². The van der Waals surface area contributed by atoms with Gasteiger partial charge in [-0.2, -0.15) is 0 Å². The van der Waals surface area contributed by atoms with E-state index in [9.17, 15) is 0 Å². The lowest BCUT2D eigenvalue weighted by Crippen LogP contribution is -1.85. The van der Waals surface area contributed by atoms with Crippen LogP contribution in [0.2, 0.25) is 10.0 Å². The van der Waals surface area contributed by atoms with Crippen LogP contribution in [0.4, 0.5) is 0 Å². The van der Waals surface area contributed by atoms with Gasteiger partial charge in [0.1, 0.15) is 11.5 Å². The summed E-state index contributed by atoms with van der Waals surface area (Å²) in [6.07, 6.45) is 2.37. The van der Waals surface area contributed by atoms with Crippen LogP contribution in [-0.2, 0) is 0 Å². The molecule has 21 heavy (non-hydrogen) atoms. The Kier molecular flexibility index (Phi) is 7.27. The molecule has 0 bridgehead atoms. The van der Waals surface area contributed by atoms with Gasteiger partial charge in [-0.25, -0.2) is 0 Å². The molecule has 116 valence electrons. The highest BCUT2D eigenvalue weighted by Crippen LogP contribution is 2.45. The average molecular weight is 328 g/mol. The predicted octanol–water partition coefficient (Wildman–Crippen LogP) is 6.89. The summed E-state index contributed by atoms with van der Waals surface area (Å²) >= 11 is 12.3. The summed E-state index contributed by atoms with van der Waals surface area (Å²) in [5, 5.41) is 5.34. The Morgan fingerprint density at radius 2 is 1.57 bits per heavy atom. The van der Waals surface area contributed by atoms with E-state index in [-0.39, 0.29) is 0 Å². The Balaban J connectivity index is 0.000000510. The van der Waals surface area contributed by atoms with E-state index in [0.29, 0.717) is 16.0 Å². The zero-order valence-electron chi connectivity index (χ0n) is 13.3. The van der Waals surface area contributed by atoms with Gasteiger partial charge >= 0.3 is 0 Å². The van der Waals surface area contributed by atoms with Crippen molar-refractivity contribution in [3.8, 4) is 11.3 Å². The van der Waals surface area contributed by atoms with Crippen LogP contribution in [0.1, 0.15) is 57.8 Å². The van der Waals surface area contributed by atoms with Gasteiger partial charge in [-0.3, -0.25) is 0 Å². The molecule has 0 amide bonds. The van der Waals surface area contributed by atoms with Crippen molar-refractivity contribution in [1.29, 1.82) is 0 Å². The highest BCUT2D eigenvalue weighted by molar-refractivity contribution is 6.39. The number of halogens is 2. The fraction of sp³-hybridized carbons (Fsp3) is 0.471. The third kappa shape index (κ3) is 4.02. The molecule has 0 radical (unpaired) electrons. The smallest absolute Gasteiger partial charge is 0.143 e. The zero-order valence-corrected chi connectivity index (χ0v) is 14.8. The van der Waals surface area contributed by atoms with E-state index in [2.05, 4.69) is 5.16 Å². The average Bonchev–Trinajstić information content (AvgIpc) is 3.28. The van der Waals surface area contributed by atoms with Gasteiger partial charge in [0.25, 0.3) is 0 Å². The molecule has 1 saturated carbocycles. The van der Waals surface area contributed by atoms with E-state index < -0.39 is 0 Å². The lowest BCUT2D eigenvalue weighted by molar-refractivity contribution is 0.385. The van der Waals surface area contributed by atoms with Gasteiger partial charge in [-0.1, -0.05) is 62.1 Å². The van der Waals surface area contributed by atoms with Crippen LogP contribution in [0.3, 0.4) is 0 Å². The van der Waals surface area contributed by atoms with Gasteiger partial charge in [0.15, 0.2) is 0 Å². The summed E-state index contributed by atoms with van der Waals surface area (Å²) in [7, 11) is 0. The Morgan fingerprint density at radius 3 is 2.05 bits per heavy atom. The summed E-state index contributed by atoms with van der Waals surface area (Å²) in [5.41, 5.74) is 2.59. The highest BCUT2D eigenvalue weighted by Gasteiger charge is 2.31. The van der Waals surface area contributed by atoms with Gasteiger partial charge in [-0.05, 0) is 31.9 Å². The van der Waals surface area contributed by atoms with E-state index in [1.165, 1.54) is 12.8 Å². The topological polar surface area (TPSA) is 26.0 Å². The molecule has 2 aromatic rings. The fourth-order valence-corrected chi connectivity index (χ4v) is 2.61. The monoisotopic (exact) mass is 327 g/mol. The molecule has 0 N–H and O–H groups in total. The number of hydrogen-bond acceptors (Lipinski definition) is 2. The van der Waals surface area contributed by atoms with Gasteiger partial charge in [0, 0.05) is 17.0 Å². The van der Waals surface area contributed by atoms with Gasteiger partial charge in [-0.15, -0.1) is 0 Å². The summed E-state index contributed by atoms with van der Waals surface area (Å²) in [6.45, 7) is 10.0. The van der Waals surface area contributed by atoms with Crippen molar-refractivity contribution in [2.75, 3.05) is 0 Å². The minimum atomic E-state index is 0.539. The second kappa shape index (κ2) is 8.45. The minimum Gasteiger partial charge on any atom is -0.360 e. The Bertz CT molecular complexity index is 554. The van der Waals surface area contributed by atoms with Crippen LogP contribution < -0.4 is 0 Å². The van der Waals surface area contributed by atoms with Crippen molar-refractivity contribution in [3.05, 3.63) is 39.6 Å². The molecule has 1 aliphatic rings. The molecule has 0 saturated heterocycles. The maximum Gasteiger partial charge on any atom is 0.143 e. The number of aromatic nitrogens is 1. The SMILES string of the molecule is CC.CC.Cc1c(-c2c(Cl)cccc2Cl)noc1C1CC1. The number of nitrogens with zero attached hydrogens (tertiary/aromatic N) is 1. The molecule has 0 atom stereocenters. The summed E-state index contributed by atoms with van der Waals surface area (Å²) < 4.78 is 5.42. The molecule has 1 aromatic heterocycles. The van der Waals surface area contributed by atoms with Crippen LogP contribution in [0.5, 0.6) is 0 Å². The second-order valence-corrected chi connectivity index (χ2v) is 5.21. The van der Waals surface area contributed by atoms with E-state index in [4.69, 9.17) is 27.7 Å². The molecule has 0 unspecified atom stereocenters. The standard InChI is InChI=1S/C13H11Cl2NO.2C2H6/c1-7-12(16-17-13(7)8-5-6-8)11-9(14)3-2-4-10(11)15;2*1-2/h2-4,8H,5-6H2,1H3;2*1-2H3. The van der Waals surface area contributed by atoms with Gasteiger partial charge in [0.05, 0.1) is 10.0 Å². The third-order valence-corrected chi connectivity index (χ3v) is 3.74. The van der Waals surface area contributed by atoms with Crippen LogP contribution in [-0.4, -0.2) is 5.16 Å². The normalized spacial score (nSPS) is 12.9. The van der Waals surface area contributed by atoms with E-state index >= 15 is 0 Å². The number of benzene rings is 1. The molecular weight excluding hydrogens is 305 g/mol. The molecule has 1 aliphatic carbocycles. The first-order chi connectivity index (χ1) is 10.2. The maximum absolute atomic E-state index is 6.17. The van der Waals surface area contributed by atoms with Crippen molar-refractivity contribution < 1.29 is 4.52 Å². The Hall–Kier alpha value is -0.990. The number of hydrogen-bond donors (Lipinski definition) is 0. The van der Waals surface area contributed by atoms with Crippen LogP contribution in [0.15, 0.2) is 22.7 Å². The second-order valence-electron chi connectivity index (χ2n) is 4.39. The zero-order chi connectivity index (χ0) is 16.0. The minimum absolute atomic E-state index is 0.539. The Labute approximate surface area is 137 Å². The summed E-state index contributed by atoms with van der Waals surface area (Å²) in [4.78, 5) is 0. The number of rotatable bonds is 2. The molecule has 0 aliphatic heterocycles. The predicted molar refractivity (Wildman–Crippen MR) is 91.4 cm³/mol. The molecule has 3 rings (SSSR count). The molecule has 0 spiro atoms. The Morgan fingerprint density at radius 1 is 1.05 bits per heavy atom. The van der Waals surface area contributed by atoms with E-state index in [0.717, 1.165) is 22.6 Å². The molecule has 1 heterocycles.